The monoisotopic (exact) mass is 444 g/mol. The van der Waals surface area contributed by atoms with Gasteiger partial charge >= 0.3 is 5.97 Å². The molecule has 8 heteroatoms. The summed E-state index contributed by atoms with van der Waals surface area (Å²) in [6, 6.07) is 10.5. The fraction of sp³-hybridized carbons (Fsp3) is 0.200. The molecule has 0 bridgehead atoms. The average molecular weight is 445 g/mol. The number of ether oxygens (including phenoxy) is 3. The molecule has 0 aliphatic rings. The largest absolute Gasteiger partial charge is 0.493 e. The highest BCUT2D eigenvalue weighted by molar-refractivity contribution is 9.10. The Hall–Kier alpha value is -3.00. The van der Waals surface area contributed by atoms with Crippen LogP contribution in [0, 0.1) is 0 Å². The Balaban J connectivity index is 2.44. The summed E-state index contributed by atoms with van der Waals surface area (Å²) in [7, 11) is 2.97. The van der Waals surface area contributed by atoms with Gasteiger partial charge in [-0.2, -0.15) is 0 Å². The van der Waals surface area contributed by atoms with Crippen molar-refractivity contribution in [1.29, 1.82) is 0 Å². The van der Waals surface area contributed by atoms with Crippen LogP contribution < -0.4 is 14.9 Å². The van der Waals surface area contributed by atoms with E-state index in [0.717, 1.165) is 10.0 Å². The quantitative estimate of drug-likeness (QED) is 0.555. The van der Waals surface area contributed by atoms with Crippen LogP contribution in [0.5, 0.6) is 11.5 Å². The van der Waals surface area contributed by atoms with Crippen molar-refractivity contribution >= 4 is 32.7 Å². The Morgan fingerprint density at radius 2 is 1.61 bits per heavy atom. The standard InChI is InChI=1S/C20H17BrN2O5/c1-4-28-20(25)18-19(24)14-10-16(27-3)15(26-2)9-13(14)17(22-23-18)11-5-7-12(21)8-6-11/h5-10H,4H2,1-3H3. The number of hydrogen-bond acceptors (Lipinski definition) is 7. The van der Waals surface area contributed by atoms with Gasteiger partial charge in [0.15, 0.2) is 11.5 Å². The minimum absolute atomic E-state index is 0.118. The lowest BCUT2D eigenvalue weighted by molar-refractivity contribution is 0.0517. The molecule has 144 valence electrons. The van der Waals surface area contributed by atoms with Crippen molar-refractivity contribution < 1.29 is 19.0 Å². The summed E-state index contributed by atoms with van der Waals surface area (Å²) >= 11 is 3.39. The third-order valence-corrected chi connectivity index (χ3v) is 4.60. The molecule has 0 unspecified atom stereocenters. The second-order valence-electron chi connectivity index (χ2n) is 5.71. The maximum atomic E-state index is 13.0. The molecule has 1 aromatic heterocycles. The summed E-state index contributed by atoms with van der Waals surface area (Å²) in [5, 5.41) is 8.82. The third kappa shape index (κ3) is 3.68. The van der Waals surface area contributed by atoms with Crippen LogP contribution in [0.4, 0.5) is 0 Å². The molecule has 3 aromatic rings. The lowest BCUT2D eigenvalue weighted by Gasteiger charge is -2.09. The summed E-state index contributed by atoms with van der Waals surface area (Å²) in [6.07, 6.45) is 0. The highest BCUT2D eigenvalue weighted by Crippen LogP contribution is 2.34. The van der Waals surface area contributed by atoms with Crippen molar-refractivity contribution in [3.05, 3.63) is 56.8 Å². The molecule has 0 fully saturated rings. The van der Waals surface area contributed by atoms with E-state index in [-0.39, 0.29) is 17.7 Å². The van der Waals surface area contributed by atoms with E-state index < -0.39 is 11.4 Å². The number of aromatic nitrogens is 2. The van der Waals surface area contributed by atoms with Crippen LogP contribution >= 0.6 is 15.9 Å². The second kappa shape index (κ2) is 8.35. The molecule has 7 nitrogen and oxygen atoms in total. The lowest BCUT2D eigenvalue weighted by atomic mass is 10.0. The van der Waals surface area contributed by atoms with Crippen molar-refractivity contribution in [3.8, 4) is 22.8 Å². The number of methoxy groups -OCH3 is 2. The lowest BCUT2D eigenvalue weighted by Crippen LogP contribution is -2.18. The van der Waals surface area contributed by atoms with Crippen molar-refractivity contribution in [3.63, 3.8) is 0 Å². The van der Waals surface area contributed by atoms with E-state index in [1.165, 1.54) is 20.3 Å². The van der Waals surface area contributed by atoms with Crippen LogP contribution in [0.1, 0.15) is 17.4 Å². The van der Waals surface area contributed by atoms with E-state index >= 15 is 0 Å². The van der Waals surface area contributed by atoms with Crippen molar-refractivity contribution in [2.45, 2.75) is 6.92 Å². The molecule has 0 spiro atoms. The number of carbonyl (C=O) groups is 1. The van der Waals surface area contributed by atoms with Crippen LogP contribution in [0.25, 0.3) is 22.0 Å². The Labute approximate surface area is 169 Å². The number of fused-ring (bicyclic) bond motifs is 1. The molecule has 0 saturated heterocycles. The molecule has 0 radical (unpaired) electrons. The summed E-state index contributed by atoms with van der Waals surface area (Å²) < 4.78 is 16.5. The summed E-state index contributed by atoms with van der Waals surface area (Å²) in [6.45, 7) is 1.77. The molecule has 0 aliphatic carbocycles. The predicted molar refractivity (Wildman–Crippen MR) is 108 cm³/mol. The zero-order chi connectivity index (χ0) is 20.3. The maximum Gasteiger partial charge on any atom is 0.362 e. The molecular weight excluding hydrogens is 428 g/mol. The maximum absolute atomic E-state index is 13.0. The molecule has 0 amide bonds. The Kier molecular flexibility index (Phi) is 5.89. The Bertz CT molecular complexity index is 1100. The smallest absolute Gasteiger partial charge is 0.362 e. The zero-order valence-electron chi connectivity index (χ0n) is 15.5. The van der Waals surface area contributed by atoms with Gasteiger partial charge in [0.25, 0.3) is 0 Å². The predicted octanol–water partition coefficient (Wildman–Crippen LogP) is 3.61. The average Bonchev–Trinajstić information content (AvgIpc) is 2.84. The number of hydrogen-bond donors (Lipinski definition) is 0. The fourth-order valence-electron chi connectivity index (χ4n) is 2.74. The van der Waals surface area contributed by atoms with Gasteiger partial charge in [0.2, 0.25) is 11.1 Å². The molecule has 0 N–H and O–H groups in total. The minimum atomic E-state index is -0.825. The van der Waals surface area contributed by atoms with Gasteiger partial charge in [0, 0.05) is 20.8 Å². The van der Waals surface area contributed by atoms with Crippen molar-refractivity contribution in [1.82, 2.24) is 10.2 Å². The first-order valence-corrected chi connectivity index (χ1v) is 9.19. The second-order valence-corrected chi connectivity index (χ2v) is 6.62. The Morgan fingerprint density at radius 1 is 1.00 bits per heavy atom. The third-order valence-electron chi connectivity index (χ3n) is 4.07. The first-order valence-electron chi connectivity index (χ1n) is 8.40. The van der Waals surface area contributed by atoms with Gasteiger partial charge in [-0.15, -0.1) is 10.2 Å². The molecule has 0 aliphatic heterocycles. The van der Waals surface area contributed by atoms with Crippen LogP contribution in [0.3, 0.4) is 0 Å². The van der Waals surface area contributed by atoms with Gasteiger partial charge in [0.05, 0.1) is 20.8 Å². The van der Waals surface area contributed by atoms with Gasteiger partial charge in [0.1, 0.15) is 5.69 Å². The highest BCUT2D eigenvalue weighted by Gasteiger charge is 2.20. The van der Waals surface area contributed by atoms with Crippen LogP contribution in [-0.4, -0.2) is 37.0 Å². The Morgan fingerprint density at radius 3 is 2.18 bits per heavy atom. The summed E-state index contributed by atoms with van der Waals surface area (Å²) in [5.74, 6) is -0.0395. The van der Waals surface area contributed by atoms with E-state index in [2.05, 4.69) is 26.1 Å². The number of benzene rings is 2. The summed E-state index contributed by atoms with van der Waals surface area (Å²) in [4.78, 5) is 25.3. The van der Waals surface area contributed by atoms with E-state index in [1.807, 2.05) is 24.3 Å². The number of rotatable bonds is 5. The molecular formula is C20H17BrN2O5. The normalized spacial score (nSPS) is 10.6. The van der Waals surface area contributed by atoms with E-state index in [4.69, 9.17) is 14.2 Å². The first kappa shape index (κ1) is 19.8. The van der Waals surface area contributed by atoms with Crippen LogP contribution in [-0.2, 0) is 4.74 Å². The van der Waals surface area contributed by atoms with Crippen molar-refractivity contribution in [2.75, 3.05) is 20.8 Å². The number of halogens is 1. The molecule has 1 heterocycles. The first-order chi connectivity index (χ1) is 13.5. The van der Waals surface area contributed by atoms with E-state index in [1.54, 1.807) is 13.0 Å². The summed E-state index contributed by atoms with van der Waals surface area (Å²) in [5.41, 5.74) is 0.169. The van der Waals surface area contributed by atoms with Crippen molar-refractivity contribution in [2.24, 2.45) is 0 Å². The SMILES string of the molecule is CCOC(=O)c1nnc(-c2ccc(Br)cc2)c2cc(OC)c(OC)cc2c1=O. The molecule has 28 heavy (non-hydrogen) atoms. The van der Waals surface area contributed by atoms with Crippen LogP contribution in [0.2, 0.25) is 0 Å². The van der Waals surface area contributed by atoms with Gasteiger partial charge in [-0.05, 0) is 31.2 Å². The van der Waals surface area contributed by atoms with Gasteiger partial charge in [-0.25, -0.2) is 4.79 Å². The molecule has 2 aromatic carbocycles. The van der Waals surface area contributed by atoms with E-state index in [9.17, 15) is 9.59 Å². The van der Waals surface area contributed by atoms with Gasteiger partial charge in [-0.3, -0.25) is 4.79 Å². The number of carbonyl (C=O) groups excluding carboxylic acids is 1. The topological polar surface area (TPSA) is 87.6 Å². The number of esters is 1. The molecule has 0 saturated carbocycles. The molecule has 0 atom stereocenters. The van der Waals surface area contributed by atoms with Gasteiger partial charge in [-0.1, -0.05) is 28.1 Å². The molecule has 3 rings (SSSR count). The van der Waals surface area contributed by atoms with E-state index in [0.29, 0.717) is 22.6 Å². The van der Waals surface area contributed by atoms with Gasteiger partial charge < -0.3 is 14.2 Å². The zero-order valence-corrected chi connectivity index (χ0v) is 17.1. The van der Waals surface area contributed by atoms with Crippen LogP contribution in [0.15, 0.2) is 45.7 Å². The minimum Gasteiger partial charge on any atom is -0.493 e. The fourth-order valence-corrected chi connectivity index (χ4v) is 3.01. The number of nitrogens with zero attached hydrogens (tertiary/aromatic N) is 2. The highest BCUT2D eigenvalue weighted by atomic mass is 79.9.